The molecule has 110 valence electrons. The van der Waals surface area contributed by atoms with Crippen LogP contribution in [0.4, 0.5) is 21.7 Å². The topological polar surface area (TPSA) is 44.3 Å². The Balaban J connectivity index is 1.74. The summed E-state index contributed by atoms with van der Waals surface area (Å²) in [7, 11) is 2.12. The number of aromatic nitrogens is 2. The van der Waals surface area contributed by atoms with E-state index in [1.807, 2.05) is 6.07 Å². The molecule has 1 aromatic carbocycles. The van der Waals surface area contributed by atoms with E-state index in [2.05, 4.69) is 32.1 Å². The van der Waals surface area contributed by atoms with Crippen LogP contribution in [0.15, 0.2) is 36.7 Å². The molecule has 0 unspecified atom stereocenters. The zero-order chi connectivity index (χ0) is 14.7. The minimum atomic E-state index is -0.270. The molecule has 1 aliphatic heterocycles. The molecule has 0 atom stereocenters. The largest absolute Gasteiger partial charge is 0.354 e. The lowest BCUT2D eigenvalue weighted by molar-refractivity contribution is 0.312. The van der Waals surface area contributed by atoms with Crippen LogP contribution in [0.3, 0.4) is 0 Å². The van der Waals surface area contributed by atoms with Crippen molar-refractivity contribution in [2.75, 3.05) is 43.4 Å². The van der Waals surface area contributed by atoms with E-state index in [-0.39, 0.29) is 5.82 Å². The Kier molecular flexibility index (Phi) is 3.96. The molecule has 0 saturated carbocycles. The Bertz CT molecular complexity index is 611. The maximum atomic E-state index is 13.2. The Morgan fingerprint density at radius 2 is 1.90 bits per heavy atom. The third-order valence-corrected chi connectivity index (χ3v) is 3.58. The van der Waals surface area contributed by atoms with Crippen LogP contribution in [-0.2, 0) is 0 Å². The molecular weight excluding hydrogens is 269 g/mol. The molecule has 0 bridgehead atoms. The lowest BCUT2D eigenvalue weighted by atomic mass is 10.3. The monoisotopic (exact) mass is 287 g/mol. The lowest BCUT2D eigenvalue weighted by Gasteiger charge is -2.33. The van der Waals surface area contributed by atoms with Gasteiger partial charge in [-0.05, 0) is 25.2 Å². The number of anilines is 3. The van der Waals surface area contributed by atoms with Gasteiger partial charge in [-0.3, -0.25) is 0 Å². The second-order valence-corrected chi connectivity index (χ2v) is 5.19. The number of nitrogens with one attached hydrogen (secondary N) is 1. The van der Waals surface area contributed by atoms with Crippen LogP contribution in [0.2, 0.25) is 0 Å². The summed E-state index contributed by atoms with van der Waals surface area (Å²) in [4.78, 5) is 13.1. The van der Waals surface area contributed by atoms with Crippen LogP contribution in [0.25, 0.3) is 0 Å². The van der Waals surface area contributed by atoms with Crippen LogP contribution in [0, 0.1) is 5.82 Å². The average molecular weight is 287 g/mol. The van der Waals surface area contributed by atoms with Crippen molar-refractivity contribution in [1.29, 1.82) is 0 Å². The predicted octanol–water partition coefficient (Wildman–Crippen LogP) is 2.11. The Hall–Kier alpha value is -2.21. The standard InChI is InChI=1S/C15H18FN5/c1-20-5-7-21(8-6-20)15-10-14(17-11-18-15)19-13-4-2-3-12(16)9-13/h2-4,9-11H,5-8H2,1H3,(H,17,18,19). The Labute approximate surface area is 123 Å². The van der Waals surface area contributed by atoms with E-state index in [1.165, 1.54) is 18.5 Å². The van der Waals surface area contributed by atoms with Gasteiger partial charge in [0, 0.05) is 37.9 Å². The molecular formula is C15H18FN5. The quantitative estimate of drug-likeness (QED) is 0.936. The van der Waals surface area contributed by atoms with Gasteiger partial charge >= 0.3 is 0 Å². The Morgan fingerprint density at radius 3 is 2.67 bits per heavy atom. The molecule has 1 aliphatic rings. The third-order valence-electron chi connectivity index (χ3n) is 3.58. The van der Waals surface area contributed by atoms with E-state index in [0.29, 0.717) is 11.5 Å². The van der Waals surface area contributed by atoms with Gasteiger partial charge in [0.25, 0.3) is 0 Å². The molecule has 5 nitrogen and oxygen atoms in total. The highest BCUT2D eigenvalue weighted by atomic mass is 19.1. The molecule has 2 heterocycles. The minimum absolute atomic E-state index is 0.270. The molecule has 21 heavy (non-hydrogen) atoms. The van der Waals surface area contributed by atoms with Gasteiger partial charge in [-0.15, -0.1) is 0 Å². The molecule has 1 saturated heterocycles. The van der Waals surface area contributed by atoms with E-state index >= 15 is 0 Å². The number of hydrogen-bond donors (Lipinski definition) is 1. The van der Waals surface area contributed by atoms with Gasteiger partial charge in [0.05, 0.1) is 0 Å². The number of piperazine rings is 1. The third kappa shape index (κ3) is 3.46. The number of nitrogens with zero attached hydrogens (tertiary/aromatic N) is 4. The number of rotatable bonds is 3. The summed E-state index contributed by atoms with van der Waals surface area (Å²) in [5, 5.41) is 3.10. The molecule has 1 aromatic heterocycles. The molecule has 0 radical (unpaired) electrons. The van der Waals surface area contributed by atoms with Gasteiger partial charge in [-0.1, -0.05) is 6.07 Å². The zero-order valence-corrected chi connectivity index (χ0v) is 12.0. The van der Waals surface area contributed by atoms with Gasteiger partial charge in [-0.2, -0.15) is 0 Å². The van der Waals surface area contributed by atoms with Crippen molar-refractivity contribution >= 4 is 17.3 Å². The number of hydrogen-bond acceptors (Lipinski definition) is 5. The molecule has 0 spiro atoms. The van der Waals surface area contributed by atoms with Gasteiger partial charge < -0.3 is 15.1 Å². The highest BCUT2D eigenvalue weighted by molar-refractivity contribution is 5.59. The second-order valence-electron chi connectivity index (χ2n) is 5.19. The van der Waals surface area contributed by atoms with Crippen molar-refractivity contribution in [3.8, 4) is 0 Å². The molecule has 1 fully saturated rings. The van der Waals surface area contributed by atoms with Crippen molar-refractivity contribution in [3.05, 3.63) is 42.5 Å². The summed E-state index contributed by atoms with van der Waals surface area (Å²) in [5.74, 6) is 1.30. The van der Waals surface area contributed by atoms with Crippen LogP contribution >= 0.6 is 0 Å². The lowest BCUT2D eigenvalue weighted by Crippen LogP contribution is -2.44. The Morgan fingerprint density at radius 1 is 1.10 bits per heavy atom. The molecule has 3 rings (SSSR count). The van der Waals surface area contributed by atoms with E-state index in [0.717, 1.165) is 32.0 Å². The van der Waals surface area contributed by atoms with E-state index < -0.39 is 0 Å². The first-order chi connectivity index (χ1) is 10.2. The van der Waals surface area contributed by atoms with E-state index in [1.54, 1.807) is 12.1 Å². The van der Waals surface area contributed by atoms with E-state index in [4.69, 9.17) is 0 Å². The molecule has 0 amide bonds. The normalized spacial score (nSPS) is 16.0. The number of halogens is 1. The zero-order valence-electron chi connectivity index (χ0n) is 12.0. The maximum absolute atomic E-state index is 13.2. The minimum Gasteiger partial charge on any atom is -0.354 e. The van der Waals surface area contributed by atoms with Crippen LogP contribution in [0.5, 0.6) is 0 Å². The van der Waals surface area contributed by atoms with Crippen LogP contribution < -0.4 is 10.2 Å². The average Bonchev–Trinajstić information content (AvgIpc) is 2.48. The number of benzene rings is 1. The summed E-state index contributed by atoms with van der Waals surface area (Å²) in [6, 6.07) is 8.23. The second kappa shape index (κ2) is 6.05. The summed E-state index contributed by atoms with van der Waals surface area (Å²) >= 11 is 0. The van der Waals surface area contributed by atoms with Crippen molar-refractivity contribution in [3.63, 3.8) is 0 Å². The van der Waals surface area contributed by atoms with Crippen molar-refractivity contribution in [2.45, 2.75) is 0 Å². The van der Waals surface area contributed by atoms with Crippen molar-refractivity contribution < 1.29 is 4.39 Å². The van der Waals surface area contributed by atoms with Crippen molar-refractivity contribution in [2.24, 2.45) is 0 Å². The van der Waals surface area contributed by atoms with Crippen LogP contribution in [0.1, 0.15) is 0 Å². The first kappa shape index (κ1) is 13.8. The molecule has 1 N–H and O–H groups in total. The van der Waals surface area contributed by atoms with Gasteiger partial charge in [-0.25, -0.2) is 14.4 Å². The highest BCUT2D eigenvalue weighted by Gasteiger charge is 2.15. The first-order valence-electron chi connectivity index (χ1n) is 6.99. The summed E-state index contributed by atoms with van der Waals surface area (Å²) < 4.78 is 13.2. The first-order valence-corrected chi connectivity index (χ1v) is 6.99. The van der Waals surface area contributed by atoms with Crippen LogP contribution in [-0.4, -0.2) is 48.1 Å². The highest BCUT2D eigenvalue weighted by Crippen LogP contribution is 2.19. The molecule has 6 heteroatoms. The van der Waals surface area contributed by atoms with E-state index in [9.17, 15) is 4.39 Å². The van der Waals surface area contributed by atoms with Gasteiger partial charge in [0.15, 0.2) is 0 Å². The van der Waals surface area contributed by atoms with Gasteiger partial charge in [0.2, 0.25) is 0 Å². The molecule has 2 aromatic rings. The number of likely N-dealkylation sites (N-methyl/N-ethyl adjacent to an activating group) is 1. The molecule has 0 aliphatic carbocycles. The fourth-order valence-corrected chi connectivity index (χ4v) is 2.34. The summed E-state index contributed by atoms with van der Waals surface area (Å²) in [6.07, 6.45) is 1.54. The maximum Gasteiger partial charge on any atom is 0.135 e. The SMILES string of the molecule is CN1CCN(c2cc(Nc3cccc(F)c3)ncn2)CC1. The fourth-order valence-electron chi connectivity index (χ4n) is 2.34. The van der Waals surface area contributed by atoms with Crippen molar-refractivity contribution in [1.82, 2.24) is 14.9 Å². The fraction of sp³-hybridized carbons (Fsp3) is 0.333. The summed E-state index contributed by atoms with van der Waals surface area (Å²) in [6.45, 7) is 3.95. The predicted molar refractivity (Wildman–Crippen MR) is 81.4 cm³/mol. The smallest absolute Gasteiger partial charge is 0.135 e. The van der Waals surface area contributed by atoms with Gasteiger partial charge in [0.1, 0.15) is 23.8 Å². The summed E-state index contributed by atoms with van der Waals surface area (Å²) in [5.41, 5.74) is 0.679.